The lowest BCUT2D eigenvalue weighted by Crippen LogP contribution is -2.29. The highest BCUT2D eigenvalue weighted by atomic mass is 35.5. The molecule has 4 aromatic rings. The largest absolute Gasteiger partial charge is 0.457 e. The summed E-state index contributed by atoms with van der Waals surface area (Å²) in [6, 6.07) is 11.8. The number of methoxy groups -OCH3 is 2. The number of thioether (sulfide) groups is 2. The molecule has 6 rings (SSSR count). The Balaban J connectivity index is 0.000000212. The van der Waals surface area contributed by atoms with E-state index in [9.17, 15) is 36.7 Å². The second-order valence-electron chi connectivity index (χ2n) is 10.7. The first-order valence-electron chi connectivity index (χ1n) is 14.9. The third kappa shape index (κ3) is 10.5. The molecule has 0 spiro atoms. The molecule has 0 aromatic heterocycles. The van der Waals surface area contributed by atoms with Crippen LogP contribution in [-0.2, 0) is 9.47 Å². The number of hydrogen-bond acceptors (Lipinski definition) is 9. The highest BCUT2D eigenvalue weighted by molar-refractivity contribution is 8.00. The van der Waals surface area contributed by atoms with E-state index < -0.39 is 58.7 Å². The van der Waals surface area contributed by atoms with Crippen LogP contribution in [0, 0.1) is 23.3 Å². The molecule has 2 aliphatic rings. The molecule has 0 saturated carbocycles. The average molecular weight is 834 g/mol. The fourth-order valence-corrected chi connectivity index (χ4v) is 7.75. The zero-order chi connectivity index (χ0) is 39.0. The van der Waals surface area contributed by atoms with Gasteiger partial charge in [-0.15, -0.1) is 23.5 Å². The van der Waals surface area contributed by atoms with Crippen molar-refractivity contribution in [1.29, 1.82) is 0 Å². The first-order valence-corrected chi connectivity index (χ1v) is 18.0. The number of fused-ring (bicyclic) bond motifs is 2. The number of hydrogen-bond donors (Lipinski definition) is 4. The molecule has 0 radical (unpaired) electrons. The van der Waals surface area contributed by atoms with E-state index in [1.54, 1.807) is 0 Å². The van der Waals surface area contributed by atoms with Crippen molar-refractivity contribution in [1.82, 2.24) is 5.32 Å². The van der Waals surface area contributed by atoms with E-state index in [-0.39, 0.29) is 21.2 Å². The lowest BCUT2D eigenvalue weighted by atomic mass is 10.0. The lowest BCUT2D eigenvalue weighted by molar-refractivity contribution is 0.101. The van der Waals surface area contributed by atoms with Crippen LogP contribution < -0.4 is 21.7 Å². The molecule has 19 heteroatoms. The summed E-state index contributed by atoms with van der Waals surface area (Å²) in [6.07, 6.45) is -0.682. The predicted octanol–water partition coefficient (Wildman–Crippen LogP) is 9.34. The number of nitrogens with two attached hydrogens (primary N) is 1. The van der Waals surface area contributed by atoms with E-state index >= 15 is 0 Å². The van der Waals surface area contributed by atoms with Crippen LogP contribution in [0.15, 0.2) is 70.5 Å². The van der Waals surface area contributed by atoms with Gasteiger partial charge in [0.15, 0.2) is 0 Å². The molecule has 3 amide bonds. The summed E-state index contributed by atoms with van der Waals surface area (Å²) < 4.78 is 62.9. The standard InChI is InChI=1S/C17H13ClF2N2O3S.C15H11ClF2N2OS.C2H3ClO2/c1-25-17(24)22-13-7-26-15-9(3-5-12(20)14(13)15)16(23)21-8-2-4-11(19)10(18)6-8;16-9-5-7(1-3-10(9)17)20-15(21)8-2-4-11(18)13-12(19)6-22-14(8)13;1-5-2(3)4/h2-6,13H,7H2,1H3,(H,21,23)(H,22,24);1-5,12H,6,19H2,(H,20,21);1H3. The van der Waals surface area contributed by atoms with Gasteiger partial charge in [-0.1, -0.05) is 23.2 Å². The smallest absolute Gasteiger partial charge is 0.407 e. The van der Waals surface area contributed by atoms with Crippen molar-refractivity contribution in [2.24, 2.45) is 5.73 Å². The highest BCUT2D eigenvalue weighted by Crippen LogP contribution is 2.43. The molecule has 0 aliphatic carbocycles. The molecule has 2 heterocycles. The van der Waals surface area contributed by atoms with Gasteiger partial charge in [-0.25, -0.2) is 27.2 Å². The summed E-state index contributed by atoms with van der Waals surface area (Å²) in [5.41, 5.74) is 6.96. The van der Waals surface area contributed by atoms with Crippen LogP contribution in [0.4, 0.5) is 38.5 Å². The van der Waals surface area contributed by atoms with Crippen LogP contribution in [0.3, 0.4) is 0 Å². The topological polar surface area (TPSA) is 149 Å². The number of nitrogens with one attached hydrogen (secondary N) is 3. The molecular weight excluding hydrogens is 807 g/mol. The molecule has 2 aliphatic heterocycles. The Morgan fingerprint density at radius 1 is 0.698 bits per heavy atom. The minimum absolute atomic E-state index is 0.0847. The maximum atomic E-state index is 14.3. The zero-order valence-corrected chi connectivity index (χ0v) is 31.2. The van der Waals surface area contributed by atoms with E-state index in [1.807, 2.05) is 0 Å². The van der Waals surface area contributed by atoms with E-state index in [1.165, 1.54) is 86.3 Å². The van der Waals surface area contributed by atoms with Gasteiger partial charge in [-0.2, -0.15) is 0 Å². The average Bonchev–Trinajstić information content (AvgIpc) is 3.73. The third-order valence-electron chi connectivity index (χ3n) is 7.29. The van der Waals surface area contributed by atoms with Crippen LogP contribution in [0.25, 0.3) is 0 Å². The van der Waals surface area contributed by atoms with Crippen molar-refractivity contribution >= 4 is 93.0 Å². The van der Waals surface area contributed by atoms with Gasteiger partial charge in [-0.3, -0.25) is 9.59 Å². The number of ether oxygens (including phenoxy) is 2. The fourth-order valence-electron chi connectivity index (χ4n) is 4.86. The minimum Gasteiger partial charge on any atom is -0.457 e. The minimum atomic E-state index is -0.773. The summed E-state index contributed by atoms with van der Waals surface area (Å²) >= 11 is 18.6. The van der Waals surface area contributed by atoms with Crippen molar-refractivity contribution in [3.05, 3.63) is 116 Å². The Morgan fingerprint density at radius 3 is 1.58 bits per heavy atom. The Kier molecular flexibility index (Phi) is 14.7. The molecule has 280 valence electrons. The number of amides is 3. The number of halogens is 7. The molecule has 0 saturated heterocycles. The van der Waals surface area contributed by atoms with Gasteiger partial charge in [0.25, 0.3) is 11.8 Å². The van der Waals surface area contributed by atoms with Crippen LogP contribution in [-0.4, -0.2) is 49.1 Å². The summed E-state index contributed by atoms with van der Waals surface area (Å²) in [4.78, 5) is 46.7. The molecule has 0 fully saturated rings. The molecule has 4 aromatic carbocycles. The first kappa shape index (κ1) is 41.6. The van der Waals surface area contributed by atoms with Gasteiger partial charge in [0.1, 0.15) is 23.3 Å². The lowest BCUT2D eigenvalue weighted by Gasteiger charge is -2.14. The molecule has 53 heavy (non-hydrogen) atoms. The SMILES string of the molecule is COC(=O)Cl.COC(=O)NC1CSc2c(C(=O)Nc3ccc(F)c(Cl)c3)ccc(F)c21.NC1CSc2c(C(=O)Nc3ccc(F)c(Cl)c3)ccc(F)c21. The van der Waals surface area contributed by atoms with Crippen molar-refractivity contribution in [2.75, 3.05) is 36.4 Å². The number of carbonyl (C=O) groups is 4. The van der Waals surface area contributed by atoms with Crippen molar-refractivity contribution in [3.8, 4) is 0 Å². The van der Waals surface area contributed by atoms with Crippen molar-refractivity contribution in [2.45, 2.75) is 21.9 Å². The second-order valence-corrected chi connectivity index (χ2v) is 13.9. The van der Waals surface area contributed by atoms with Gasteiger partial charge < -0.3 is 31.2 Å². The Hall–Kier alpha value is -4.19. The van der Waals surface area contributed by atoms with Crippen molar-refractivity contribution < 1.29 is 46.2 Å². The predicted molar refractivity (Wildman–Crippen MR) is 196 cm³/mol. The quantitative estimate of drug-likeness (QED) is 0.114. The fraction of sp³-hybridized carbons (Fsp3) is 0.176. The molecule has 5 N–H and O–H groups in total. The van der Waals surface area contributed by atoms with E-state index in [4.69, 9.17) is 28.9 Å². The number of rotatable bonds is 5. The highest BCUT2D eigenvalue weighted by Gasteiger charge is 2.32. The van der Waals surface area contributed by atoms with Gasteiger partial charge in [0, 0.05) is 61.4 Å². The van der Waals surface area contributed by atoms with Gasteiger partial charge in [-0.05, 0) is 60.7 Å². The number of carbonyl (C=O) groups excluding carboxylic acids is 4. The Labute approximate surface area is 323 Å². The van der Waals surface area contributed by atoms with Gasteiger partial charge in [0.05, 0.1) is 41.4 Å². The normalized spacial score (nSPS) is 15.0. The number of anilines is 2. The van der Waals surface area contributed by atoms with Crippen LogP contribution in [0.5, 0.6) is 0 Å². The van der Waals surface area contributed by atoms with Crippen LogP contribution in [0.2, 0.25) is 10.0 Å². The Morgan fingerprint density at radius 2 is 1.13 bits per heavy atom. The molecule has 0 bridgehead atoms. The molecule has 10 nitrogen and oxygen atoms in total. The van der Waals surface area contributed by atoms with E-state index in [0.717, 1.165) is 12.1 Å². The summed E-state index contributed by atoms with van der Waals surface area (Å²) in [7, 11) is 2.43. The van der Waals surface area contributed by atoms with Crippen LogP contribution in [0.1, 0.15) is 43.9 Å². The maximum Gasteiger partial charge on any atom is 0.407 e. The Bertz CT molecular complexity index is 2070. The molecule has 2 unspecified atom stereocenters. The second kappa shape index (κ2) is 18.7. The monoisotopic (exact) mass is 832 g/mol. The molecular formula is C34H27Cl3F4N4O6S2. The summed E-state index contributed by atoms with van der Waals surface area (Å²) in [5, 5.41) is 7.56. The third-order valence-corrected chi connectivity index (χ3v) is 10.5. The first-order chi connectivity index (χ1) is 25.1. The van der Waals surface area contributed by atoms with Crippen LogP contribution >= 0.6 is 58.3 Å². The van der Waals surface area contributed by atoms with Gasteiger partial charge in [0.2, 0.25) is 0 Å². The van der Waals surface area contributed by atoms with Crippen molar-refractivity contribution in [3.63, 3.8) is 0 Å². The number of benzene rings is 4. The number of alkyl carbamates (subject to hydrolysis) is 1. The molecule has 2 atom stereocenters. The van der Waals surface area contributed by atoms with E-state index in [0.29, 0.717) is 43.8 Å². The summed E-state index contributed by atoms with van der Waals surface area (Å²) in [5.74, 6) is -2.10. The maximum absolute atomic E-state index is 14.3. The van der Waals surface area contributed by atoms with E-state index in [2.05, 4.69) is 37.0 Å². The zero-order valence-electron chi connectivity index (χ0n) is 27.3. The summed E-state index contributed by atoms with van der Waals surface area (Å²) in [6.45, 7) is 0. The van der Waals surface area contributed by atoms with Gasteiger partial charge >= 0.3 is 11.5 Å².